The van der Waals surface area contributed by atoms with Gasteiger partial charge in [0, 0.05) is 31.2 Å². The van der Waals surface area contributed by atoms with Crippen molar-refractivity contribution >= 4 is 17.4 Å². The Morgan fingerprint density at radius 1 is 1.08 bits per heavy atom. The zero-order chi connectivity index (χ0) is 17.1. The number of hydrogen-bond acceptors (Lipinski definition) is 5. The van der Waals surface area contributed by atoms with Gasteiger partial charge < -0.3 is 10.2 Å². The Morgan fingerprint density at radius 3 is 2.72 bits per heavy atom. The number of nitrogens with zero attached hydrogens (tertiary/aromatic N) is 4. The molecule has 0 bridgehead atoms. The standard InChI is InChI=1S/C19H17N5O/c25-19(24-10-7-15-3-1-2-4-17(15)24)16-12-23-18(13-21-16)22-11-14-5-8-20-9-6-14/h1-6,8-9,12-13H,7,10-11H2,(H,22,23). The van der Waals surface area contributed by atoms with Gasteiger partial charge in [-0.05, 0) is 35.7 Å². The van der Waals surface area contributed by atoms with Crippen LogP contribution >= 0.6 is 0 Å². The van der Waals surface area contributed by atoms with Crippen LogP contribution in [0.3, 0.4) is 0 Å². The van der Waals surface area contributed by atoms with Crippen molar-refractivity contribution in [3.63, 3.8) is 0 Å². The number of rotatable bonds is 4. The lowest BCUT2D eigenvalue weighted by Crippen LogP contribution is -2.29. The SMILES string of the molecule is O=C(c1cnc(NCc2ccncc2)cn1)N1CCc2ccccc21. The number of benzene rings is 1. The number of carbonyl (C=O) groups is 1. The van der Waals surface area contributed by atoms with Crippen LogP contribution in [0.1, 0.15) is 21.6 Å². The Morgan fingerprint density at radius 2 is 1.92 bits per heavy atom. The molecule has 0 unspecified atom stereocenters. The molecule has 2 aromatic heterocycles. The molecule has 0 aliphatic carbocycles. The smallest absolute Gasteiger partial charge is 0.278 e. The van der Waals surface area contributed by atoms with E-state index in [0.29, 0.717) is 24.6 Å². The Labute approximate surface area is 145 Å². The number of fused-ring (bicyclic) bond motifs is 1. The van der Waals surface area contributed by atoms with Crippen molar-refractivity contribution in [3.05, 3.63) is 78.0 Å². The first-order valence-corrected chi connectivity index (χ1v) is 8.16. The molecule has 1 N–H and O–H groups in total. The van der Waals surface area contributed by atoms with E-state index in [1.807, 2.05) is 30.3 Å². The third kappa shape index (κ3) is 3.19. The highest BCUT2D eigenvalue weighted by molar-refractivity contribution is 6.05. The average Bonchev–Trinajstić information content (AvgIpc) is 3.11. The van der Waals surface area contributed by atoms with E-state index < -0.39 is 0 Å². The summed E-state index contributed by atoms with van der Waals surface area (Å²) in [6.07, 6.45) is 7.49. The lowest BCUT2D eigenvalue weighted by atomic mass is 10.2. The summed E-state index contributed by atoms with van der Waals surface area (Å²) in [6.45, 7) is 1.31. The van der Waals surface area contributed by atoms with E-state index in [0.717, 1.165) is 17.7 Å². The molecule has 0 fully saturated rings. The molecule has 0 spiro atoms. The van der Waals surface area contributed by atoms with E-state index in [1.54, 1.807) is 23.5 Å². The largest absolute Gasteiger partial charge is 0.365 e. The van der Waals surface area contributed by atoms with E-state index in [-0.39, 0.29) is 5.91 Å². The topological polar surface area (TPSA) is 71.0 Å². The second kappa shape index (κ2) is 6.68. The normalized spacial score (nSPS) is 12.7. The average molecular weight is 331 g/mol. The molecule has 0 saturated carbocycles. The van der Waals surface area contributed by atoms with Gasteiger partial charge in [0.1, 0.15) is 11.5 Å². The predicted molar refractivity (Wildman–Crippen MR) is 95.4 cm³/mol. The van der Waals surface area contributed by atoms with E-state index in [2.05, 4.69) is 26.3 Å². The molecule has 3 heterocycles. The zero-order valence-electron chi connectivity index (χ0n) is 13.6. The summed E-state index contributed by atoms with van der Waals surface area (Å²) >= 11 is 0. The van der Waals surface area contributed by atoms with Crippen LogP contribution in [0.15, 0.2) is 61.2 Å². The second-order valence-corrected chi connectivity index (χ2v) is 5.83. The van der Waals surface area contributed by atoms with Crippen LogP contribution in [-0.4, -0.2) is 27.4 Å². The summed E-state index contributed by atoms with van der Waals surface area (Å²) in [6, 6.07) is 11.8. The first-order valence-electron chi connectivity index (χ1n) is 8.16. The van der Waals surface area contributed by atoms with Crippen LogP contribution in [0.25, 0.3) is 0 Å². The lowest BCUT2D eigenvalue weighted by molar-refractivity contribution is 0.0984. The van der Waals surface area contributed by atoms with Crippen molar-refractivity contribution in [1.29, 1.82) is 0 Å². The zero-order valence-corrected chi connectivity index (χ0v) is 13.6. The molecule has 3 aromatic rings. The highest BCUT2D eigenvalue weighted by atomic mass is 16.2. The number of carbonyl (C=O) groups excluding carboxylic acids is 1. The van der Waals surface area contributed by atoms with Crippen molar-refractivity contribution < 1.29 is 4.79 Å². The minimum atomic E-state index is -0.113. The minimum Gasteiger partial charge on any atom is -0.365 e. The molecule has 1 amide bonds. The molecule has 25 heavy (non-hydrogen) atoms. The monoisotopic (exact) mass is 331 g/mol. The van der Waals surface area contributed by atoms with E-state index >= 15 is 0 Å². The maximum absolute atomic E-state index is 12.7. The van der Waals surface area contributed by atoms with Gasteiger partial charge in [-0.3, -0.25) is 9.78 Å². The summed E-state index contributed by atoms with van der Waals surface area (Å²) in [7, 11) is 0. The minimum absolute atomic E-state index is 0.113. The fourth-order valence-corrected chi connectivity index (χ4v) is 2.91. The number of pyridine rings is 1. The van der Waals surface area contributed by atoms with E-state index in [4.69, 9.17) is 0 Å². The summed E-state index contributed by atoms with van der Waals surface area (Å²) in [4.78, 5) is 27.0. The van der Waals surface area contributed by atoms with Crippen molar-refractivity contribution in [2.24, 2.45) is 0 Å². The molecule has 4 rings (SSSR count). The number of aromatic nitrogens is 3. The van der Waals surface area contributed by atoms with Gasteiger partial charge >= 0.3 is 0 Å². The number of hydrogen-bond donors (Lipinski definition) is 1. The Bertz CT molecular complexity index is 880. The fourth-order valence-electron chi connectivity index (χ4n) is 2.91. The van der Waals surface area contributed by atoms with Gasteiger partial charge in [-0.25, -0.2) is 9.97 Å². The first kappa shape index (κ1) is 15.3. The second-order valence-electron chi connectivity index (χ2n) is 5.83. The predicted octanol–water partition coefficient (Wildman–Crippen LogP) is 2.69. The van der Waals surface area contributed by atoms with Crippen molar-refractivity contribution in [1.82, 2.24) is 15.0 Å². The van der Waals surface area contributed by atoms with E-state index in [1.165, 1.54) is 11.8 Å². The van der Waals surface area contributed by atoms with Crippen molar-refractivity contribution in [3.8, 4) is 0 Å². The summed E-state index contributed by atoms with van der Waals surface area (Å²) in [5.74, 6) is 0.522. The third-order valence-corrected chi connectivity index (χ3v) is 4.23. The molecule has 1 aliphatic heterocycles. The van der Waals surface area contributed by atoms with Crippen LogP contribution in [-0.2, 0) is 13.0 Å². The molecule has 124 valence electrons. The van der Waals surface area contributed by atoms with Crippen LogP contribution < -0.4 is 10.2 Å². The fraction of sp³-hybridized carbons (Fsp3) is 0.158. The van der Waals surface area contributed by atoms with Crippen LogP contribution in [0.4, 0.5) is 11.5 Å². The molecule has 1 aliphatic rings. The third-order valence-electron chi connectivity index (χ3n) is 4.23. The first-order chi connectivity index (χ1) is 12.3. The summed E-state index contributed by atoms with van der Waals surface area (Å²) in [5, 5.41) is 3.19. The van der Waals surface area contributed by atoms with Crippen molar-refractivity contribution in [2.45, 2.75) is 13.0 Å². The van der Waals surface area contributed by atoms with Gasteiger partial charge in [-0.15, -0.1) is 0 Å². The summed E-state index contributed by atoms with van der Waals surface area (Å²) < 4.78 is 0. The highest BCUT2D eigenvalue weighted by Crippen LogP contribution is 2.28. The quantitative estimate of drug-likeness (QED) is 0.796. The maximum Gasteiger partial charge on any atom is 0.278 e. The van der Waals surface area contributed by atoms with Gasteiger partial charge in [0.25, 0.3) is 5.91 Å². The number of nitrogens with one attached hydrogen (secondary N) is 1. The molecule has 6 nitrogen and oxygen atoms in total. The van der Waals surface area contributed by atoms with Crippen LogP contribution in [0.2, 0.25) is 0 Å². The number of para-hydroxylation sites is 1. The maximum atomic E-state index is 12.7. The molecular weight excluding hydrogens is 314 g/mol. The van der Waals surface area contributed by atoms with Gasteiger partial charge in [0.05, 0.1) is 12.4 Å². The van der Waals surface area contributed by atoms with Gasteiger partial charge in [-0.2, -0.15) is 0 Å². The molecular formula is C19H17N5O. The van der Waals surface area contributed by atoms with Gasteiger partial charge in [0.15, 0.2) is 0 Å². The van der Waals surface area contributed by atoms with Gasteiger partial charge in [0.2, 0.25) is 0 Å². The molecule has 6 heteroatoms. The Balaban J connectivity index is 1.44. The highest BCUT2D eigenvalue weighted by Gasteiger charge is 2.26. The number of amides is 1. The Hall–Kier alpha value is -3.28. The molecule has 0 saturated heterocycles. The van der Waals surface area contributed by atoms with Crippen LogP contribution in [0.5, 0.6) is 0 Å². The number of anilines is 2. The Kier molecular flexibility index (Phi) is 4.08. The van der Waals surface area contributed by atoms with Crippen LogP contribution in [0, 0.1) is 0 Å². The lowest BCUT2D eigenvalue weighted by Gasteiger charge is -2.16. The van der Waals surface area contributed by atoms with Crippen molar-refractivity contribution in [2.75, 3.05) is 16.8 Å². The van der Waals surface area contributed by atoms with E-state index in [9.17, 15) is 4.79 Å². The summed E-state index contributed by atoms with van der Waals surface area (Å²) in [5.41, 5.74) is 3.62. The molecule has 0 atom stereocenters. The molecule has 0 radical (unpaired) electrons. The molecule has 1 aromatic carbocycles. The van der Waals surface area contributed by atoms with Gasteiger partial charge in [-0.1, -0.05) is 18.2 Å².